The van der Waals surface area contributed by atoms with E-state index in [9.17, 15) is 9.50 Å². The molecule has 4 N–H and O–H groups in total. The first-order valence-electron chi connectivity index (χ1n) is 5.15. The molecule has 0 aromatic heterocycles. The molecule has 1 aromatic carbocycles. The van der Waals surface area contributed by atoms with Crippen molar-refractivity contribution in [2.45, 2.75) is 25.0 Å². The van der Waals surface area contributed by atoms with E-state index < -0.39 is 11.9 Å². The molecule has 0 aliphatic carbocycles. The van der Waals surface area contributed by atoms with E-state index in [1.807, 2.05) is 0 Å². The fourth-order valence-corrected chi connectivity index (χ4v) is 2.01. The summed E-state index contributed by atoms with van der Waals surface area (Å²) in [4.78, 5) is 0. The number of anilines is 1. The molecule has 0 bridgehead atoms. The summed E-state index contributed by atoms with van der Waals surface area (Å²) in [5.74, 6) is -0.468. The van der Waals surface area contributed by atoms with Crippen molar-refractivity contribution in [1.29, 1.82) is 0 Å². The van der Waals surface area contributed by atoms with Crippen molar-refractivity contribution in [2.75, 3.05) is 12.3 Å². The predicted molar refractivity (Wildman–Crippen MR) is 56.8 cm³/mol. The van der Waals surface area contributed by atoms with Crippen LogP contribution in [0.4, 0.5) is 10.1 Å². The number of aliphatic hydroxyl groups excluding tert-OH is 1. The van der Waals surface area contributed by atoms with Gasteiger partial charge in [0.05, 0.1) is 11.8 Å². The molecule has 1 aromatic rings. The number of hydrogen-bond acceptors (Lipinski definition) is 3. The van der Waals surface area contributed by atoms with Crippen molar-refractivity contribution in [3.63, 3.8) is 0 Å². The van der Waals surface area contributed by atoms with Crippen molar-refractivity contribution in [1.82, 2.24) is 5.32 Å². The van der Waals surface area contributed by atoms with E-state index in [0.717, 1.165) is 19.4 Å². The zero-order chi connectivity index (χ0) is 10.8. The van der Waals surface area contributed by atoms with Crippen LogP contribution in [0.2, 0.25) is 0 Å². The standard InChI is InChI=1S/C11H15FN2O/c12-8-4-1-3-7(10(8)13)11(15)9-5-2-6-14-9/h1,3-4,9,11,14-15H,2,5-6,13H2. The van der Waals surface area contributed by atoms with Crippen LogP contribution in [0.15, 0.2) is 18.2 Å². The van der Waals surface area contributed by atoms with Crippen molar-refractivity contribution in [3.05, 3.63) is 29.6 Å². The number of nitrogens with one attached hydrogen (secondary N) is 1. The molecule has 82 valence electrons. The fourth-order valence-electron chi connectivity index (χ4n) is 2.01. The number of benzene rings is 1. The lowest BCUT2D eigenvalue weighted by Crippen LogP contribution is -2.29. The first-order chi connectivity index (χ1) is 7.20. The van der Waals surface area contributed by atoms with Crippen LogP contribution in [0, 0.1) is 5.82 Å². The van der Waals surface area contributed by atoms with Crippen LogP contribution in [0.3, 0.4) is 0 Å². The minimum absolute atomic E-state index is 0.00546. The minimum Gasteiger partial charge on any atom is -0.396 e. The van der Waals surface area contributed by atoms with Crippen LogP contribution in [0.1, 0.15) is 24.5 Å². The van der Waals surface area contributed by atoms with Crippen LogP contribution < -0.4 is 11.1 Å². The Kier molecular flexibility index (Phi) is 2.88. The Balaban J connectivity index is 2.24. The highest BCUT2D eigenvalue weighted by Gasteiger charge is 2.25. The second-order valence-electron chi connectivity index (χ2n) is 3.89. The van der Waals surface area contributed by atoms with Crippen LogP contribution in [-0.4, -0.2) is 17.7 Å². The minimum atomic E-state index is -0.719. The zero-order valence-corrected chi connectivity index (χ0v) is 8.41. The Labute approximate surface area is 88.1 Å². The lowest BCUT2D eigenvalue weighted by Gasteiger charge is -2.20. The van der Waals surface area contributed by atoms with Gasteiger partial charge in [-0.25, -0.2) is 4.39 Å². The highest BCUT2D eigenvalue weighted by Crippen LogP contribution is 2.28. The van der Waals surface area contributed by atoms with Gasteiger partial charge in [-0.1, -0.05) is 12.1 Å². The number of rotatable bonds is 2. The van der Waals surface area contributed by atoms with Gasteiger partial charge >= 0.3 is 0 Å². The number of hydrogen-bond donors (Lipinski definition) is 3. The molecule has 2 rings (SSSR count). The molecule has 1 saturated heterocycles. The van der Waals surface area contributed by atoms with Gasteiger partial charge in [-0.05, 0) is 25.5 Å². The summed E-state index contributed by atoms with van der Waals surface area (Å²) in [6.07, 6.45) is 1.22. The Bertz CT molecular complexity index is 350. The van der Waals surface area contributed by atoms with Crippen LogP contribution in [-0.2, 0) is 0 Å². The third kappa shape index (κ3) is 1.96. The summed E-state index contributed by atoms with van der Waals surface area (Å²) in [6, 6.07) is 4.53. The number of aliphatic hydroxyl groups is 1. The Hall–Kier alpha value is -1.13. The van der Waals surface area contributed by atoms with Crippen LogP contribution in [0.5, 0.6) is 0 Å². The fraction of sp³-hybridized carbons (Fsp3) is 0.455. The lowest BCUT2D eigenvalue weighted by atomic mass is 9.99. The van der Waals surface area contributed by atoms with Gasteiger partial charge in [0, 0.05) is 11.6 Å². The summed E-state index contributed by atoms with van der Waals surface area (Å²) in [7, 11) is 0. The second kappa shape index (κ2) is 4.16. The first kappa shape index (κ1) is 10.4. The average Bonchev–Trinajstić information content (AvgIpc) is 2.74. The number of nitrogens with two attached hydrogens (primary N) is 1. The number of halogens is 1. The first-order valence-corrected chi connectivity index (χ1v) is 5.15. The van der Waals surface area contributed by atoms with E-state index in [4.69, 9.17) is 5.73 Å². The topological polar surface area (TPSA) is 58.3 Å². The molecular weight excluding hydrogens is 195 g/mol. The molecule has 2 atom stereocenters. The average molecular weight is 210 g/mol. The van der Waals surface area contributed by atoms with Gasteiger partial charge in [-0.15, -0.1) is 0 Å². The van der Waals surface area contributed by atoms with Crippen molar-refractivity contribution >= 4 is 5.69 Å². The quantitative estimate of drug-likeness (QED) is 0.643. The highest BCUT2D eigenvalue weighted by molar-refractivity contribution is 5.49. The Morgan fingerprint density at radius 3 is 3.00 bits per heavy atom. The maximum atomic E-state index is 13.2. The third-order valence-corrected chi connectivity index (χ3v) is 2.88. The molecule has 2 unspecified atom stereocenters. The Morgan fingerprint density at radius 1 is 1.53 bits per heavy atom. The molecule has 0 radical (unpaired) electrons. The molecule has 1 aliphatic heterocycles. The van der Waals surface area contributed by atoms with Crippen LogP contribution >= 0.6 is 0 Å². The van der Waals surface area contributed by atoms with Crippen molar-refractivity contribution in [3.8, 4) is 0 Å². The monoisotopic (exact) mass is 210 g/mol. The summed E-state index contributed by atoms with van der Waals surface area (Å²) in [6.45, 7) is 0.900. The summed E-state index contributed by atoms with van der Waals surface area (Å²) in [5, 5.41) is 13.2. The molecule has 3 nitrogen and oxygen atoms in total. The van der Waals surface area contributed by atoms with Crippen LogP contribution in [0.25, 0.3) is 0 Å². The third-order valence-electron chi connectivity index (χ3n) is 2.88. The summed E-state index contributed by atoms with van der Waals surface area (Å²) < 4.78 is 13.2. The van der Waals surface area contributed by atoms with E-state index in [1.54, 1.807) is 12.1 Å². The highest BCUT2D eigenvalue weighted by atomic mass is 19.1. The van der Waals surface area contributed by atoms with Gasteiger partial charge in [0.15, 0.2) is 0 Å². The van der Waals surface area contributed by atoms with E-state index in [1.165, 1.54) is 6.07 Å². The molecule has 1 fully saturated rings. The lowest BCUT2D eigenvalue weighted by molar-refractivity contribution is 0.138. The molecule has 0 spiro atoms. The van der Waals surface area contributed by atoms with Crippen molar-refractivity contribution in [2.24, 2.45) is 0 Å². The van der Waals surface area contributed by atoms with Gasteiger partial charge in [0.1, 0.15) is 5.82 Å². The second-order valence-corrected chi connectivity index (χ2v) is 3.89. The molecule has 1 heterocycles. The number of para-hydroxylation sites is 1. The molecule has 4 heteroatoms. The summed E-state index contributed by atoms with van der Waals surface area (Å²) in [5.41, 5.74) is 6.12. The molecule has 15 heavy (non-hydrogen) atoms. The zero-order valence-electron chi connectivity index (χ0n) is 8.41. The predicted octanol–water partition coefficient (Wildman–Crippen LogP) is 1.19. The maximum Gasteiger partial charge on any atom is 0.146 e. The van der Waals surface area contributed by atoms with E-state index in [-0.39, 0.29) is 11.7 Å². The molecule has 0 amide bonds. The van der Waals surface area contributed by atoms with Gasteiger partial charge in [0.2, 0.25) is 0 Å². The normalized spacial score (nSPS) is 22.9. The summed E-state index contributed by atoms with van der Waals surface area (Å²) >= 11 is 0. The molecule has 1 aliphatic rings. The maximum absolute atomic E-state index is 13.2. The SMILES string of the molecule is Nc1c(F)cccc1C(O)C1CCCN1. The van der Waals surface area contributed by atoms with Gasteiger partial charge < -0.3 is 16.2 Å². The molecule has 0 saturated carbocycles. The van der Waals surface area contributed by atoms with E-state index in [0.29, 0.717) is 5.56 Å². The van der Waals surface area contributed by atoms with Gasteiger partial charge in [-0.3, -0.25) is 0 Å². The largest absolute Gasteiger partial charge is 0.396 e. The van der Waals surface area contributed by atoms with E-state index >= 15 is 0 Å². The van der Waals surface area contributed by atoms with Gasteiger partial charge in [-0.2, -0.15) is 0 Å². The number of nitrogen functional groups attached to an aromatic ring is 1. The molecular formula is C11H15FN2O. The van der Waals surface area contributed by atoms with Gasteiger partial charge in [0.25, 0.3) is 0 Å². The Morgan fingerprint density at radius 2 is 2.33 bits per heavy atom. The van der Waals surface area contributed by atoms with Crippen molar-refractivity contribution < 1.29 is 9.50 Å². The van der Waals surface area contributed by atoms with E-state index in [2.05, 4.69) is 5.32 Å². The smallest absolute Gasteiger partial charge is 0.146 e.